The van der Waals surface area contributed by atoms with Crippen LogP contribution in [0.3, 0.4) is 0 Å². The summed E-state index contributed by atoms with van der Waals surface area (Å²) in [5.41, 5.74) is 2.28. The quantitative estimate of drug-likeness (QED) is 0.573. The molecule has 0 fully saturated rings. The van der Waals surface area contributed by atoms with Gasteiger partial charge < -0.3 is 18.6 Å². The van der Waals surface area contributed by atoms with Gasteiger partial charge in [-0.25, -0.2) is 4.98 Å². The lowest BCUT2D eigenvalue weighted by molar-refractivity contribution is 0.376. The average Bonchev–Trinajstić information content (AvgIpc) is 2.81. The van der Waals surface area contributed by atoms with Crippen molar-refractivity contribution in [3.8, 4) is 11.4 Å². The second-order valence-electron chi connectivity index (χ2n) is 4.15. The van der Waals surface area contributed by atoms with Gasteiger partial charge >= 0.3 is 0 Å². The molecule has 0 saturated carbocycles. The zero-order valence-electron chi connectivity index (χ0n) is 9.82. The minimum absolute atomic E-state index is 0.0725. The number of rotatable bonds is 2. The first-order valence-electron chi connectivity index (χ1n) is 5.60. The van der Waals surface area contributed by atoms with Crippen molar-refractivity contribution < 1.29 is 13.7 Å². The Morgan fingerprint density at radius 1 is 0.947 bits per heavy atom. The standard InChI is InChI=1S/C13H12N2O3S/c16-19(17,18)10-6-7-11-12(8-10)15-13(14-11)9-4-2-1-3-5-9/h1-8,16-18H,(H,14,15). The molecule has 3 aromatic rings. The minimum Gasteiger partial charge on any atom is -0.338 e. The highest BCUT2D eigenvalue weighted by Crippen LogP contribution is 2.44. The predicted octanol–water partition coefficient (Wildman–Crippen LogP) is 3.81. The third kappa shape index (κ3) is 2.34. The highest BCUT2D eigenvalue weighted by atomic mass is 32.3. The molecule has 19 heavy (non-hydrogen) atoms. The van der Waals surface area contributed by atoms with E-state index in [1.54, 1.807) is 6.07 Å². The number of aromatic amines is 1. The Hall–Kier alpha value is -1.86. The maximum absolute atomic E-state index is 9.23. The van der Waals surface area contributed by atoms with Gasteiger partial charge in [-0.05, 0) is 18.2 Å². The van der Waals surface area contributed by atoms with Crippen LogP contribution in [0.2, 0.25) is 0 Å². The van der Waals surface area contributed by atoms with Crippen LogP contribution in [0.5, 0.6) is 0 Å². The van der Waals surface area contributed by atoms with Crippen molar-refractivity contribution in [3.63, 3.8) is 0 Å². The van der Waals surface area contributed by atoms with Gasteiger partial charge in [0.25, 0.3) is 0 Å². The Kier molecular flexibility index (Phi) is 2.79. The van der Waals surface area contributed by atoms with Crippen molar-refractivity contribution in [1.82, 2.24) is 9.97 Å². The highest BCUT2D eigenvalue weighted by molar-refractivity contribution is 8.19. The number of H-pyrrole nitrogens is 1. The fourth-order valence-electron chi connectivity index (χ4n) is 1.89. The Morgan fingerprint density at radius 2 is 1.68 bits per heavy atom. The summed E-state index contributed by atoms with van der Waals surface area (Å²) in [6.07, 6.45) is 0. The number of aromatic nitrogens is 2. The molecule has 3 rings (SSSR count). The highest BCUT2D eigenvalue weighted by Gasteiger charge is 2.16. The summed E-state index contributed by atoms with van der Waals surface area (Å²) < 4.78 is 27.7. The van der Waals surface area contributed by atoms with Crippen LogP contribution >= 0.6 is 10.9 Å². The van der Waals surface area contributed by atoms with Crippen LogP contribution < -0.4 is 0 Å². The SMILES string of the molecule is OS(O)(O)c1ccc2nc(-c3ccccc3)[nH]c2c1. The van der Waals surface area contributed by atoms with E-state index >= 15 is 0 Å². The van der Waals surface area contributed by atoms with Crippen LogP contribution in [0.15, 0.2) is 53.4 Å². The number of nitrogens with one attached hydrogen (secondary N) is 1. The van der Waals surface area contributed by atoms with Crippen molar-refractivity contribution in [2.45, 2.75) is 4.90 Å². The van der Waals surface area contributed by atoms with Gasteiger partial charge in [-0.15, -0.1) is 0 Å². The molecule has 1 heterocycles. The summed E-state index contributed by atoms with van der Waals surface area (Å²) in [5.74, 6) is 0.696. The maximum atomic E-state index is 9.23. The second-order valence-corrected chi connectivity index (χ2v) is 5.66. The second kappa shape index (κ2) is 4.36. The third-order valence-electron chi connectivity index (χ3n) is 2.82. The molecule has 5 nitrogen and oxygen atoms in total. The van der Waals surface area contributed by atoms with E-state index in [0.717, 1.165) is 5.56 Å². The molecular formula is C13H12N2O3S. The molecule has 6 heteroatoms. The van der Waals surface area contributed by atoms with E-state index in [2.05, 4.69) is 9.97 Å². The van der Waals surface area contributed by atoms with Crippen molar-refractivity contribution in [2.24, 2.45) is 0 Å². The van der Waals surface area contributed by atoms with Gasteiger partial charge in [-0.3, -0.25) is 0 Å². The maximum Gasteiger partial charge on any atom is 0.138 e. The van der Waals surface area contributed by atoms with Gasteiger partial charge in [-0.1, -0.05) is 30.3 Å². The molecule has 0 radical (unpaired) electrons. The molecule has 0 aliphatic heterocycles. The van der Waals surface area contributed by atoms with Crippen molar-refractivity contribution in [1.29, 1.82) is 0 Å². The topological polar surface area (TPSA) is 89.4 Å². The Morgan fingerprint density at radius 3 is 2.37 bits per heavy atom. The molecule has 98 valence electrons. The minimum atomic E-state index is -3.70. The monoisotopic (exact) mass is 276 g/mol. The number of fused-ring (bicyclic) bond motifs is 1. The first kappa shape index (κ1) is 12.2. The number of nitrogens with zero attached hydrogens (tertiary/aromatic N) is 1. The van der Waals surface area contributed by atoms with Gasteiger partial charge in [0.05, 0.1) is 15.9 Å². The Labute approximate surface area is 111 Å². The van der Waals surface area contributed by atoms with E-state index < -0.39 is 10.9 Å². The summed E-state index contributed by atoms with van der Waals surface area (Å²) in [6, 6.07) is 14.2. The zero-order valence-corrected chi connectivity index (χ0v) is 10.6. The molecule has 0 spiro atoms. The largest absolute Gasteiger partial charge is 0.338 e. The van der Waals surface area contributed by atoms with E-state index in [9.17, 15) is 13.7 Å². The molecular weight excluding hydrogens is 264 g/mol. The zero-order chi connectivity index (χ0) is 13.5. The molecule has 4 N–H and O–H groups in total. The Bertz CT molecular complexity index is 720. The smallest absolute Gasteiger partial charge is 0.138 e. The fourth-order valence-corrected chi connectivity index (χ4v) is 2.42. The molecule has 0 saturated heterocycles. The predicted molar refractivity (Wildman–Crippen MR) is 75.3 cm³/mol. The fraction of sp³-hybridized carbons (Fsp3) is 0. The number of imidazole rings is 1. The molecule has 0 unspecified atom stereocenters. The first-order chi connectivity index (χ1) is 9.04. The van der Waals surface area contributed by atoms with Gasteiger partial charge in [0.1, 0.15) is 16.7 Å². The van der Waals surface area contributed by atoms with Gasteiger partial charge in [-0.2, -0.15) is 0 Å². The average molecular weight is 276 g/mol. The number of hydrogen-bond acceptors (Lipinski definition) is 4. The number of benzene rings is 2. The van der Waals surface area contributed by atoms with E-state index in [4.69, 9.17) is 0 Å². The van der Waals surface area contributed by atoms with Gasteiger partial charge in [0.2, 0.25) is 0 Å². The van der Waals surface area contributed by atoms with Crippen LogP contribution in [-0.4, -0.2) is 23.6 Å². The van der Waals surface area contributed by atoms with E-state index in [1.165, 1.54) is 12.1 Å². The molecule has 2 aromatic carbocycles. The summed E-state index contributed by atoms with van der Waals surface area (Å²) in [4.78, 5) is 7.58. The van der Waals surface area contributed by atoms with Crippen molar-refractivity contribution in [2.75, 3.05) is 0 Å². The van der Waals surface area contributed by atoms with Crippen LogP contribution in [0.25, 0.3) is 22.4 Å². The van der Waals surface area contributed by atoms with E-state index in [-0.39, 0.29) is 4.90 Å². The normalized spacial score (nSPS) is 12.8. The summed E-state index contributed by atoms with van der Waals surface area (Å²) >= 11 is 0. The lowest BCUT2D eigenvalue weighted by Crippen LogP contribution is -1.94. The summed E-state index contributed by atoms with van der Waals surface area (Å²) in [5, 5.41) is 0. The molecule has 1 aromatic heterocycles. The molecule has 0 atom stereocenters. The Balaban J connectivity index is 2.12. The lowest BCUT2D eigenvalue weighted by Gasteiger charge is -2.18. The van der Waals surface area contributed by atoms with Crippen LogP contribution in [-0.2, 0) is 0 Å². The lowest BCUT2D eigenvalue weighted by atomic mass is 10.2. The summed E-state index contributed by atoms with van der Waals surface area (Å²) in [7, 11) is -3.70. The van der Waals surface area contributed by atoms with E-state index in [0.29, 0.717) is 16.9 Å². The summed E-state index contributed by atoms with van der Waals surface area (Å²) in [6.45, 7) is 0. The number of hydrogen-bond donors (Lipinski definition) is 4. The third-order valence-corrected chi connectivity index (χ3v) is 3.70. The van der Waals surface area contributed by atoms with Gasteiger partial charge in [0, 0.05) is 5.56 Å². The molecule has 0 bridgehead atoms. The molecule has 0 aliphatic carbocycles. The van der Waals surface area contributed by atoms with Crippen molar-refractivity contribution in [3.05, 3.63) is 48.5 Å². The molecule has 0 amide bonds. The van der Waals surface area contributed by atoms with Gasteiger partial charge in [0.15, 0.2) is 0 Å². The van der Waals surface area contributed by atoms with Crippen LogP contribution in [0, 0.1) is 0 Å². The van der Waals surface area contributed by atoms with Crippen LogP contribution in [0.4, 0.5) is 0 Å². The van der Waals surface area contributed by atoms with Crippen LogP contribution in [0.1, 0.15) is 0 Å². The van der Waals surface area contributed by atoms with Crippen molar-refractivity contribution >= 4 is 21.9 Å². The first-order valence-corrected chi connectivity index (χ1v) is 7.10. The molecule has 0 aliphatic rings. The van der Waals surface area contributed by atoms with E-state index in [1.807, 2.05) is 30.3 Å².